The van der Waals surface area contributed by atoms with E-state index in [1.54, 1.807) is 6.07 Å². The predicted molar refractivity (Wildman–Crippen MR) is 98.8 cm³/mol. The van der Waals surface area contributed by atoms with E-state index in [-0.39, 0.29) is 17.6 Å². The standard InChI is InChI=1S/C21H21F3N2/c1-12-6-7-17(14-8-15(21(22,23)24)11-16(25)9-14)20-18(12)10-13-4-2-3-5-19(13)26-20/h2-5,8-12,17,20,26H,6-7,25H2,1H3. The van der Waals surface area contributed by atoms with E-state index in [4.69, 9.17) is 5.73 Å². The summed E-state index contributed by atoms with van der Waals surface area (Å²) in [6, 6.07) is 12.0. The van der Waals surface area contributed by atoms with Gasteiger partial charge in [-0.3, -0.25) is 0 Å². The molecule has 3 N–H and O–H groups in total. The molecule has 1 fully saturated rings. The van der Waals surface area contributed by atoms with Gasteiger partial charge in [0.2, 0.25) is 0 Å². The second-order valence-corrected chi connectivity index (χ2v) is 7.32. The van der Waals surface area contributed by atoms with Crippen LogP contribution in [0.2, 0.25) is 0 Å². The number of alkyl halides is 3. The van der Waals surface area contributed by atoms with E-state index in [1.807, 2.05) is 18.2 Å². The number of nitrogens with one attached hydrogen (secondary N) is 1. The lowest BCUT2D eigenvalue weighted by Gasteiger charge is -2.41. The second kappa shape index (κ2) is 6.08. The van der Waals surface area contributed by atoms with Gasteiger partial charge in [-0.05, 0) is 59.7 Å². The third-order valence-corrected chi connectivity index (χ3v) is 5.57. The summed E-state index contributed by atoms with van der Waals surface area (Å²) in [5.41, 5.74) is 9.37. The highest BCUT2D eigenvalue weighted by molar-refractivity contribution is 5.74. The number of anilines is 2. The van der Waals surface area contributed by atoms with Crippen LogP contribution in [0.25, 0.3) is 6.08 Å². The average Bonchev–Trinajstić information content (AvgIpc) is 2.59. The number of fused-ring (bicyclic) bond motifs is 2. The molecule has 26 heavy (non-hydrogen) atoms. The van der Waals surface area contributed by atoms with Crippen molar-refractivity contribution in [2.75, 3.05) is 11.1 Å². The first-order valence-electron chi connectivity index (χ1n) is 8.87. The second-order valence-electron chi connectivity index (χ2n) is 7.32. The van der Waals surface area contributed by atoms with Gasteiger partial charge in [0.05, 0.1) is 11.6 Å². The van der Waals surface area contributed by atoms with Crippen molar-refractivity contribution < 1.29 is 13.2 Å². The molecule has 2 aromatic carbocycles. The smallest absolute Gasteiger partial charge is 0.399 e. The van der Waals surface area contributed by atoms with Crippen molar-refractivity contribution in [2.45, 2.75) is 37.9 Å². The summed E-state index contributed by atoms with van der Waals surface area (Å²) in [5, 5.41) is 3.57. The number of rotatable bonds is 1. The summed E-state index contributed by atoms with van der Waals surface area (Å²) >= 11 is 0. The van der Waals surface area contributed by atoms with Gasteiger partial charge in [-0.2, -0.15) is 13.2 Å². The Morgan fingerprint density at radius 3 is 2.62 bits per heavy atom. The molecule has 0 amide bonds. The molecule has 0 bridgehead atoms. The highest BCUT2D eigenvalue weighted by atomic mass is 19.4. The molecule has 0 radical (unpaired) electrons. The van der Waals surface area contributed by atoms with Crippen LogP contribution in [0.4, 0.5) is 24.5 Å². The molecule has 1 aliphatic heterocycles. The minimum Gasteiger partial charge on any atom is -0.399 e. The first-order valence-corrected chi connectivity index (χ1v) is 8.87. The quantitative estimate of drug-likeness (QED) is 0.644. The molecule has 2 aliphatic rings. The van der Waals surface area contributed by atoms with Crippen LogP contribution in [0.15, 0.2) is 48.0 Å². The van der Waals surface area contributed by atoms with Crippen LogP contribution in [0.3, 0.4) is 0 Å². The average molecular weight is 358 g/mol. The normalized spacial score (nSPS) is 24.9. The Hall–Kier alpha value is -2.43. The number of halogens is 3. The minimum absolute atomic E-state index is 0.00321. The number of nitrogens with two attached hydrogens (primary N) is 1. The van der Waals surface area contributed by atoms with E-state index >= 15 is 0 Å². The maximum Gasteiger partial charge on any atom is 0.416 e. The molecular formula is C21H21F3N2. The van der Waals surface area contributed by atoms with Crippen LogP contribution < -0.4 is 11.1 Å². The largest absolute Gasteiger partial charge is 0.416 e. The van der Waals surface area contributed by atoms with E-state index < -0.39 is 11.7 Å². The fourth-order valence-electron chi connectivity index (χ4n) is 4.23. The number of para-hydroxylation sites is 1. The molecule has 1 saturated carbocycles. The summed E-state index contributed by atoms with van der Waals surface area (Å²) in [6.07, 6.45) is -0.409. The Morgan fingerprint density at radius 1 is 1.08 bits per heavy atom. The van der Waals surface area contributed by atoms with Gasteiger partial charge in [-0.1, -0.05) is 31.2 Å². The van der Waals surface area contributed by atoms with Gasteiger partial charge >= 0.3 is 6.18 Å². The van der Waals surface area contributed by atoms with E-state index in [0.717, 1.165) is 30.2 Å². The SMILES string of the molecule is CC1CCC(c2cc(N)cc(C(F)(F)F)c2)C2Nc3ccccc3C=C12. The van der Waals surface area contributed by atoms with Crippen molar-refractivity contribution in [3.63, 3.8) is 0 Å². The molecule has 1 aliphatic carbocycles. The zero-order valence-electron chi connectivity index (χ0n) is 14.5. The molecular weight excluding hydrogens is 337 g/mol. The number of hydrogen-bond acceptors (Lipinski definition) is 2. The van der Waals surface area contributed by atoms with Gasteiger partial charge in [0.15, 0.2) is 0 Å². The molecule has 3 unspecified atom stereocenters. The van der Waals surface area contributed by atoms with Crippen LogP contribution in [0, 0.1) is 5.92 Å². The molecule has 2 aromatic rings. The number of nitrogen functional groups attached to an aromatic ring is 1. The van der Waals surface area contributed by atoms with Gasteiger partial charge < -0.3 is 11.1 Å². The number of hydrogen-bond donors (Lipinski definition) is 2. The summed E-state index contributed by atoms with van der Waals surface area (Å²) in [7, 11) is 0. The van der Waals surface area contributed by atoms with Crippen molar-refractivity contribution in [3.8, 4) is 0 Å². The molecule has 1 heterocycles. The Kier molecular flexibility index (Phi) is 3.98. The van der Waals surface area contributed by atoms with Crippen molar-refractivity contribution >= 4 is 17.5 Å². The van der Waals surface area contributed by atoms with Crippen LogP contribution >= 0.6 is 0 Å². The monoisotopic (exact) mass is 358 g/mol. The number of benzene rings is 2. The molecule has 0 saturated heterocycles. The Labute approximate surface area is 150 Å². The third kappa shape index (κ3) is 2.96. The topological polar surface area (TPSA) is 38.0 Å². The van der Waals surface area contributed by atoms with Crippen LogP contribution in [0.5, 0.6) is 0 Å². The Bertz CT molecular complexity index is 870. The molecule has 136 valence electrons. The Balaban J connectivity index is 1.76. The molecule has 0 spiro atoms. The summed E-state index contributed by atoms with van der Waals surface area (Å²) in [6.45, 7) is 2.19. The van der Waals surface area contributed by atoms with Gasteiger partial charge in [0, 0.05) is 17.3 Å². The summed E-state index contributed by atoms with van der Waals surface area (Å²) in [4.78, 5) is 0. The van der Waals surface area contributed by atoms with Crippen LogP contribution in [0.1, 0.15) is 42.4 Å². The minimum atomic E-state index is -4.39. The molecule has 3 atom stereocenters. The first-order chi connectivity index (χ1) is 12.3. The van der Waals surface area contributed by atoms with E-state index in [2.05, 4.69) is 24.4 Å². The highest BCUT2D eigenvalue weighted by Crippen LogP contribution is 2.46. The zero-order valence-corrected chi connectivity index (χ0v) is 14.5. The Morgan fingerprint density at radius 2 is 1.85 bits per heavy atom. The van der Waals surface area contributed by atoms with Gasteiger partial charge in [-0.25, -0.2) is 0 Å². The molecule has 2 nitrogen and oxygen atoms in total. The maximum atomic E-state index is 13.2. The maximum absolute atomic E-state index is 13.2. The first kappa shape index (κ1) is 17.0. The van der Waals surface area contributed by atoms with E-state index in [1.165, 1.54) is 11.6 Å². The molecule has 5 heteroatoms. The lowest BCUT2D eigenvalue weighted by molar-refractivity contribution is -0.137. The van der Waals surface area contributed by atoms with Crippen LogP contribution in [-0.4, -0.2) is 6.04 Å². The van der Waals surface area contributed by atoms with Crippen molar-refractivity contribution in [1.29, 1.82) is 0 Å². The van der Waals surface area contributed by atoms with Crippen molar-refractivity contribution in [3.05, 3.63) is 64.7 Å². The van der Waals surface area contributed by atoms with Crippen molar-refractivity contribution in [1.82, 2.24) is 0 Å². The highest BCUT2D eigenvalue weighted by Gasteiger charge is 2.38. The molecule has 0 aromatic heterocycles. The lowest BCUT2D eigenvalue weighted by atomic mass is 9.70. The molecule has 4 rings (SSSR count). The summed E-state index contributed by atoms with van der Waals surface area (Å²) in [5.74, 6) is 0.371. The van der Waals surface area contributed by atoms with Gasteiger partial charge in [0.1, 0.15) is 0 Å². The fourth-order valence-corrected chi connectivity index (χ4v) is 4.23. The lowest BCUT2D eigenvalue weighted by Crippen LogP contribution is -2.38. The van der Waals surface area contributed by atoms with Crippen molar-refractivity contribution in [2.24, 2.45) is 5.92 Å². The predicted octanol–water partition coefficient (Wildman–Crippen LogP) is 5.68. The zero-order chi connectivity index (χ0) is 18.5. The van der Waals surface area contributed by atoms with E-state index in [9.17, 15) is 13.2 Å². The fraction of sp³-hybridized carbons (Fsp3) is 0.333. The van der Waals surface area contributed by atoms with Gasteiger partial charge in [-0.15, -0.1) is 0 Å². The van der Waals surface area contributed by atoms with Crippen LogP contribution in [-0.2, 0) is 6.18 Å². The summed E-state index contributed by atoms with van der Waals surface area (Å²) < 4.78 is 39.7. The third-order valence-electron chi connectivity index (χ3n) is 5.57. The van der Waals surface area contributed by atoms with Gasteiger partial charge in [0.25, 0.3) is 0 Å². The van der Waals surface area contributed by atoms with E-state index in [0.29, 0.717) is 11.5 Å².